The minimum absolute atomic E-state index is 0.129. The van der Waals surface area contributed by atoms with E-state index in [2.05, 4.69) is 10.6 Å². The number of aliphatic hydroxyl groups excluding tert-OH is 1. The molecule has 39 heavy (non-hydrogen) atoms. The van der Waals surface area contributed by atoms with Crippen molar-refractivity contribution in [3.05, 3.63) is 88.1 Å². The number of piperidine rings is 1. The molecule has 4 atom stereocenters. The lowest BCUT2D eigenvalue weighted by Crippen LogP contribution is -2.43. The Morgan fingerprint density at radius 1 is 0.949 bits per heavy atom. The molecule has 1 saturated heterocycles. The van der Waals surface area contributed by atoms with Gasteiger partial charge in [0.1, 0.15) is 5.82 Å². The van der Waals surface area contributed by atoms with Gasteiger partial charge in [0.25, 0.3) is 5.56 Å². The number of nitrogens with zero attached hydrogens (tertiary/aromatic N) is 2. The molecular formula is C28H26ClFN4O5. The Balaban J connectivity index is 1.35. The molecule has 0 spiro atoms. The van der Waals surface area contributed by atoms with Crippen LogP contribution < -0.4 is 16.2 Å². The van der Waals surface area contributed by atoms with Crippen molar-refractivity contribution in [1.29, 1.82) is 0 Å². The Labute approximate surface area is 228 Å². The number of likely N-dealkylation sites (tertiary alicyclic amines) is 1. The van der Waals surface area contributed by atoms with E-state index < -0.39 is 47.4 Å². The fourth-order valence-electron chi connectivity index (χ4n) is 5.01. The van der Waals surface area contributed by atoms with Crippen molar-refractivity contribution in [2.45, 2.75) is 18.9 Å². The van der Waals surface area contributed by atoms with Crippen LogP contribution in [0.3, 0.4) is 0 Å². The first-order valence-corrected chi connectivity index (χ1v) is 12.9. The summed E-state index contributed by atoms with van der Waals surface area (Å²) in [5.74, 6) is -5.32. The van der Waals surface area contributed by atoms with E-state index >= 15 is 0 Å². The maximum absolute atomic E-state index is 15.0. The topological polar surface area (TPSA) is 121 Å². The summed E-state index contributed by atoms with van der Waals surface area (Å²) in [6.07, 6.45) is 2.01. The summed E-state index contributed by atoms with van der Waals surface area (Å²) in [5, 5.41) is 15.7. The van der Waals surface area contributed by atoms with Crippen LogP contribution in [0.5, 0.6) is 0 Å². The van der Waals surface area contributed by atoms with Crippen LogP contribution >= 0.6 is 11.6 Å². The van der Waals surface area contributed by atoms with Gasteiger partial charge in [-0.15, -0.1) is 0 Å². The van der Waals surface area contributed by atoms with Crippen LogP contribution in [0.4, 0.5) is 15.8 Å². The van der Waals surface area contributed by atoms with Crippen LogP contribution in [0.1, 0.15) is 12.8 Å². The zero-order chi connectivity index (χ0) is 27.7. The van der Waals surface area contributed by atoms with E-state index in [0.29, 0.717) is 30.1 Å². The largest absolute Gasteiger partial charge is 0.391 e. The van der Waals surface area contributed by atoms with Gasteiger partial charge in [0.2, 0.25) is 17.7 Å². The van der Waals surface area contributed by atoms with E-state index in [4.69, 9.17) is 11.6 Å². The molecule has 11 heteroatoms. The minimum atomic E-state index is -1.03. The molecule has 5 rings (SSSR count). The Bertz CT molecular complexity index is 1480. The molecule has 202 valence electrons. The lowest BCUT2D eigenvalue weighted by atomic mass is 10.1. The average molecular weight is 553 g/mol. The summed E-state index contributed by atoms with van der Waals surface area (Å²) in [4.78, 5) is 53.3. The van der Waals surface area contributed by atoms with E-state index in [1.807, 2.05) is 0 Å². The molecule has 2 aromatic carbocycles. The molecular weight excluding hydrogens is 527 g/mol. The second kappa shape index (κ2) is 11.0. The molecule has 1 aliphatic carbocycles. The molecule has 1 aliphatic heterocycles. The number of β-amino-alcohol motifs (C(OH)–C–C–N with tert-alkyl or cyclic N) is 1. The Morgan fingerprint density at radius 2 is 1.67 bits per heavy atom. The van der Waals surface area contributed by atoms with Crippen LogP contribution in [0.25, 0.3) is 5.69 Å². The lowest BCUT2D eigenvalue weighted by molar-refractivity contribution is -0.137. The predicted molar refractivity (Wildman–Crippen MR) is 143 cm³/mol. The number of carbonyl (C=O) groups excluding carboxylic acids is 3. The van der Waals surface area contributed by atoms with Crippen molar-refractivity contribution in [2.24, 2.45) is 17.8 Å². The summed E-state index contributed by atoms with van der Waals surface area (Å²) in [7, 11) is 0. The molecule has 2 aliphatic rings. The monoisotopic (exact) mass is 552 g/mol. The van der Waals surface area contributed by atoms with Gasteiger partial charge >= 0.3 is 0 Å². The minimum Gasteiger partial charge on any atom is -0.391 e. The number of nitrogens with one attached hydrogen (secondary N) is 2. The van der Waals surface area contributed by atoms with Crippen molar-refractivity contribution in [3.8, 4) is 5.69 Å². The van der Waals surface area contributed by atoms with Gasteiger partial charge in [-0.3, -0.25) is 23.7 Å². The molecule has 3 aromatic rings. The number of halogens is 2. The number of hydrogen-bond acceptors (Lipinski definition) is 5. The number of carbonyl (C=O) groups is 3. The molecule has 1 saturated carbocycles. The Hall–Kier alpha value is -4.02. The molecule has 2 heterocycles. The maximum atomic E-state index is 15.0. The normalized spacial score (nSPS) is 22.2. The first kappa shape index (κ1) is 26.6. The third-order valence-corrected chi connectivity index (χ3v) is 7.29. The zero-order valence-electron chi connectivity index (χ0n) is 20.7. The predicted octanol–water partition coefficient (Wildman–Crippen LogP) is 3.05. The van der Waals surface area contributed by atoms with Gasteiger partial charge in [0.05, 0.1) is 35.2 Å². The average Bonchev–Trinajstić information content (AvgIpc) is 3.67. The number of anilines is 2. The number of aromatic nitrogens is 1. The highest BCUT2D eigenvalue weighted by Gasteiger charge is 2.63. The van der Waals surface area contributed by atoms with E-state index in [1.165, 1.54) is 33.9 Å². The number of amides is 3. The summed E-state index contributed by atoms with van der Waals surface area (Å²) in [6.45, 7) is 0.547. The second-order valence-electron chi connectivity index (χ2n) is 9.72. The number of pyridine rings is 1. The highest BCUT2D eigenvalue weighted by Crippen LogP contribution is 2.49. The van der Waals surface area contributed by atoms with Crippen LogP contribution in [-0.4, -0.2) is 51.5 Å². The summed E-state index contributed by atoms with van der Waals surface area (Å²) in [6, 6.07) is 14.9. The molecule has 0 radical (unpaired) electrons. The van der Waals surface area contributed by atoms with E-state index in [1.54, 1.807) is 36.4 Å². The number of aliphatic hydroxyl groups is 1. The fourth-order valence-corrected chi connectivity index (χ4v) is 5.13. The van der Waals surface area contributed by atoms with Gasteiger partial charge in [-0.25, -0.2) is 4.39 Å². The second-order valence-corrected chi connectivity index (χ2v) is 10.2. The third-order valence-electron chi connectivity index (χ3n) is 7.04. The van der Waals surface area contributed by atoms with E-state index in [9.17, 15) is 28.7 Å². The molecule has 9 nitrogen and oxygen atoms in total. The van der Waals surface area contributed by atoms with Crippen LogP contribution in [0.2, 0.25) is 5.02 Å². The van der Waals surface area contributed by atoms with Crippen LogP contribution in [0, 0.1) is 23.6 Å². The first-order valence-electron chi connectivity index (χ1n) is 12.5. The van der Waals surface area contributed by atoms with Gasteiger partial charge in [0.15, 0.2) is 0 Å². The van der Waals surface area contributed by atoms with Gasteiger partial charge in [-0.05, 0) is 55.3 Å². The summed E-state index contributed by atoms with van der Waals surface area (Å²) >= 11 is 5.91. The molecule has 3 amide bonds. The molecule has 0 bridgehead atoms. The van der Waals surface area contributed by atoms with Crippen molar-refractivity contribution in [2.75, 3.05) is 23.7 Å². The quantitative estimate of drug-likeness (QED) is 0.434. The van der Waals surface area contributed by atoms with Crippen molar-refractivity contribution < 1.29 is 23.9 Å². The molecule has 1 unspecified atom stereocenters. The maximum Gasteiger partial charge on any atom is 0.255 e. The van der Waals surface area contributed by atoms with Crippen molar-refractivity contribution in [3.63, 3.8) is 0 Å². The van der Waals surface area contributed by atoms with E-state index in [0.717, 1.165) is 6.07 Å². The standard InChI is InChI=1S/C28H26ClFN4O5/c29-16-6-8-17(9-7-16)31-26(37)23-24(25(23)28(39)33-12-3-4-19(35)15-33)27(38)32-21-11-10-18(14-20(21)30)34-13-2-1-5-22(34)36/h1-2,5-11,13-14,19,23-25,35H,3-4,12,15H2,(H,31,37)(H,32,38)/t19?,23-,24+,25+/m1/s1. The number of benzene rings is 2. The Morgan fingerprint density at radius 3 is 2.33 bits per heavy atom. The summed E-state index contributed by atoms with van der Waals surface area (Å²) in [5.41, 5.74) is 0.244. The highest BCUT2D eigenvalue weighted by atomic mass is 35.5. The van der Waals surface area contributed by atoms with E-state index in [-0.39, 0.29) is 23.5 Å². The van der Waals surface area contributed by atoms with Crippen molar-refractivity contribution in [1.82, 2.24) is 9.47 Å². The number of hydrogen-bond donors (Lipinski definition) is 3. The smallest absolute Gasteiger partial charge is 0.255 e. The highest BCUT2D eigenvalue weighted by molar-refractivity contribution is 6.30. The SMILES string of the molecule is O=C(Nc1ccc(Cl)cc1)[C@@H]1[C@H](C(=O)Nc2ccc(-n3ccccc3=O)cc2F)[C@H]1C(=O)N1CCCC(O)C1. The number of rotatable bonds is 6. The van der Waals surface area contributed by atoms with Gasteiger partial charge < -0.3 is 20.6 Å². The first-order chi connectivity index (χ1) is 18.7. The Kier molecular flexibility index (Phi) is 7.49. The third kappa shape index (κ3) is 5.71. The molecule has 1 aromatic heterocycles. The lowest BCUT2D eigenvalue weighted by Gasteiger charge is -2.30. The fraction of sp³-hybridized carbons (Fsp3) is 0.286. The van der Waals surface area contributed by atoms with Gasteiger partial charge in [0, 0.05) is 42.1 Å². The van der Waals surface area contributed by atoms with Crippen molar-refractivity contribution >= 4 is 40.7 Å². The molecule has 3 N–H and O–H groups in total. The van der Waals surface area contributed by atoms with Crippen LogP contribution in [0.15, 0.2) is 71.7 Å². The summed E-state index contributed by atoms with van der Waals surface area (Å²) < 4.78 is 16.2. The van der Waals surface area contributed by atoms with Gasteiger partial charge in [-0.1, -0.05) is 17.7 Å². The van der Waals surface area contributed by atoms with Gasteiger partial charge in [-0.2, -0.15) is 0 Å². The molecule has 2 fully saturated rings. The van der Waals surface area contributed by atoms with Crippen LogP contribution in [-0.2, 0) is 14.4 Å². The zero-order valence-corrected chi connectivity index (χ0v) is 21.5.